The third-order valence-electron chi connectivity index (χ3n) is 4.41. The number of anilines is 1. The zero-order valence-corrected chi connectivity index (χ0v) is 15.4. The fraction of sp³-hybridized carbons (Fsp3) is 0.471. The zero-order valence-electron chi connectivity index (χ0n) is 14.6. The Kier molecular flexibility index (Phi) is 5.41. The van der Waals surface area contributed by atoms with E-state index in [1.165, 1.54) is 10.5 Å². The second kappa shape index (κ2) is 7.55. The van der Waals surface area contributed by atoms with Crippen LogP contribution in [0.2, 0.25) is 0 Å². The van der Waals surface area contributed by atoms with E-state index in [1.54, 1.807) is 18.4 Å². The number of rotatable bonds is 7. The molecule has 1 N–H and O–H groups in total. The van der Waals surface area contributed by atoms with Crippen molar-refractivity contribution in [1.29, 1.82) is 0 Å². The van der Waals surface area contributed by atoms with Gasteiger partial charge in [-0.2, -0.15) is 4.31 Å². The molecule has 1 atom stereocenters. The molecule has 3 heterocycles. The van der Waals surface area contributed by atoms with E-state index >= 15 is 0 Å². The van der Waals surface area contributed by atoms with Crippen molar-refractivity contribution in [2.45, 2.75) is 23.8 Å². The summed E-state index contributed by atoms with van der Waals surface area (Å²) in [6, 6.07) is 7.18. The molecule has 7 nitrogen and oxygen atoms in total. The highest BCUT2D eigenvalue weighted by Gasteiger charge is 2.27. The van der Waals surface area contributed by atoms with Crippen molar-refractivity contribution < 1.29 is 12.8 Å². The van der Waals surface area contributed by atoms with Crippen molar-refractivity contribution in [2.24, 2.45) is 0 Å². The average Bonchev–Trinajstić information content (AvgIpc) is 3.29. The Bertz CT molecular complexity index is 767. The molecule has 8 heteroatoms. The molecule has 0 amide bonds. The van der Waals surface area contributed by atoms with Crippen LogP contribution in [-0.2, 0) is 10.0 Å². The second-order valence-electron chi connectivity index (χ2n) is 6.37. The number of aromatic nitrogens is 1. The van der Waals surface area contributed by atoms with Crippen LogP contribution in [0.15, 0.2) is 46.0 Å². The van der Waals surface area contributed by atoms with Gasteiger partial charge in [0.25, 0.3) is 0 Å². The minimum absolute atomic E-state index is 0.0600. The molecule has 2 aromatic rings. The lowest BCUT2D eigenvalue weighted by atomic mass is 10.2. The van der Waals surface area contributed by atoms with E-state index in [-0.39, 0.29) is 10.9 Å². The van der Waals surface area contributed by atoms with Crippen molar-refractivity contribution in [3.63, 3.8) is 0 Å². The van der Waals surface area contributed by atoms with Gasteiger partial charge < -0.3 is 9.73 Å². The van der Waals surface area contributed by atoms with Gasteiger partial charge in [-0.3, -0.25) is 4.90 Å². The molecule has 1 saturated heterocycles. The highest BCUT2D eigenvalue weighted by Crippen LogP contribution is 2.22. The molecular weight excluding hydrogens is 340 g/mol. The Morgan fingerprint density at radius 3 is 2.60 bits per heavy atom. The first-order chi connectivity index (χ1) is 12.0. The zero-order chi connectivity index (χ0) is 17.9. The molecule has 0 radical (unpaired) electrons. The first kappa shape index (κ1) is 17.9. The molecule has 2 aromatic heterocycles. The number of nitrogens with zero attached hydrogens (tertiary/aromatic N) is 3. The van der Waals surface area contributed by atoms with E-state index in [0.29, 0.717) is 25.5 Å². The van der Waals surface area contributed by atoms with Gasteiger partial charge in [0.2, 0.25) is 10.0 Å². The van der Waals surface area contributed by atoms with Gasteiger partial charge in [-0.1, -0.05) is 0 Å². The van der Waals surface area contributed by atoms with Crippen molar-refractivity contribution in [1.82, 2.24) is 14.2 Å². The second-order valence-corrected chi connectivity index (χ2v) is 8.30. The molecular formula is C17H24N4O3S. The van der Waals surface area contributed by atoms with Crippen LogP contribution in [0.4, 0.5) is 5.82 Å². The van der Waals surface area contributed by atoms with Crippen LogP contribution in [0.3, 0.4) is 0 Å². The fourth-order valence-electron chi connectivity index (χ4n) is 2.93. The molecule has 136 valence electrons. The van der Waals surface area contributed by atoms with Gasteiger partial charge in [0.15, 0.2) is 0 Å². The summed E-state index contributed by atoms with van der Waals surface area (Å²) < 4.78 is 32.0. The maximum Gasteiger partial charge on any atom is 0.244 e. The monoisotopic (exact) mass is 364 g/mol. The van der Waals surface area contributed by atoms with E-state index < -0.39 is 10.0 Å². The summed E-state index contributed by atoms with van der Waals surface area (Å²) in [4.78, 5) is 6.56. The minimum Gasteiger partial charge on any atom is -0.468 e. The predicted octanol–water partition coefficient (Wildman–Crippen LogP) is 2.17. The lowest BCUT2D eigenvalue weighted by Gasteiger charge is -2.23. The van der Waals surface area contributed by atoms with E-state index in [0.717, 1.165) is 18.6 Å². The summed E-state index contributed by atoms with van der Waals surface area (Å²) in [5.74, 6) is 1.50. The van der Waals surface area contributed by atoms with Crippen LogP contribution < -0.4 is 5.32 Å². The highest BCUT2D eigenvalue weighted by molar-refractivity contribution is 7.89. The lowest BCUT2D eigenvalue weighted by Crippen LogP contribution is -2.28. The van der Waals surface area contributed by atoms with Crippen LogP contribution in [0.5, 0.6) is 0 Å². The van der Waals surface area contributed by atoms with Crippen molar-refractivity contribution in [2.75, 3.05) is 39.0 Å². The lowest BCUT2D eigenvalue weighted by molar-refractivity contribution is 0.269. The van der Waals surface area contributed by atoms with Gasteiger partial charge in [-0.05, 0) is 51.2 Å². The van der Waals surface area contributed by atoms with E-state index in [9.17, 15) is 8.42 Å². The third kappa shape index (κ3) is 4.02. The highest BCUT2D eigenvalue weighted by atomic mass is 32.2. The van der Waals surface area contributed by atoms with Crippen LogP contribution in [0, 0.1) is 0 Å². The topological polar surface area (TPSA) is 78.7 Å². The fourth-order valence-corrected chi connectivity index (χ4v) is 4.40. The number of pyridine rings is 1. The number of hydrogen-bond acceptors (Lipinski definition) is 6. The maximum absolute atomic E-state index is 12.5. The molecule has 0 aliphatic carbocycles. The number of nitrogens with one attached hydrogen (secondary N) is 1. The predicted molar refractivity (Wildman–Crippen MR) is 95.9 cm³/mol. The van der Waals surface area contributed by atoms with Gasteiger partial charge in [-0.25, -0.2) is 13.4 Å². The molecule has 1 aliphatic rings. The average molecular weight is 364 g/mol. The van der Waals surface area contributed by atoms with E-state index in [1.807, 2.05) is 26.2 Å². The molecule has 25 heavy (non-hydrogen) atoms. The Morgan fingerprint density at radius 2 is 2.04 bits per heavy atom. The van der Waals surface area contributed by atoms with Crippen LogP contribution in [0.25, 0.3) is 0 Å². The summed E-state index contributed by atoms with van der Waals surface area (Å²) in [7, 11) is 0.545. The van der Waals surface area contributed by atoms with Gasteiger partial charge in [0.05, 0.1) is 12.3 Å². The van der Waals surface area contributed by atoms with Crippen LogP contribution in [-0.4, -0.2) is 56.3 Å². The molecule has 0 spiro atoms. The molecule has 0 saturated carbocycles. The van der Waals surface area contributed by atoms with E-state index in [2.05, 4.69) is 15.2 Å². The normalized spacial score (nSPS) is 17.1. The summed E-state index contributed by atoms with van der Waals surface area (Å²) in [6.07, 6.45) is 4.92. The van der Waals surface area contributed by atoms with Gasteiger partial charge in [0, 0.05) is 25.8 Å². The summed E-state index contributed by atoms with van der Waals surface area (Å²) in [5.41, 5.74) is 0. The van der Waals surface area contributed by atoms with Crippen molar-refractivity contribution in [3.8, 4) is 0 Å². The van der Waals surface area contributed by atoms with Crippen LogP contribution >= 0.6 is 0 Å². The molecule has 3 rings (SSSR count). The van der Waals surface area contributed by atoms with Gasteiger partial charge >= 0.3 is 0 Å². The smallest absolute Gasteiger partial charge is 0.244 e. The largest absolute Gasteiger partial charge is 0.468 e. The SMILES string of the molecule is CN(C)[C@H](CNc1ccc(S(=O)(=O)N2CCCC2)cn1)c1ccco1. The quantitative estimate of drug-likeness (QED) is 0.811. The van der Waals surface area contributed by atoms with E-state index in [4.69, 9.17) is 4.42 Å². The summed E-state index contributed by atoms with van der Waals surface area (Å²) >= 11 is 0. The van der Waals surface area contributed by atoms with Crippen molar-refractivity contribution in [3.05, 3.63) is 42.5 Å². The Balaban J connectivity index is 1.66. The van der Waals surface area contributed by atoms with Crippen molar-refractivity contribution >= 4 is 15.8 Å². The number of sulfonamides is 1. The Labute approximate surface area is 148 Å². The number of likely N-dealkylation sites (N-methyl/N-ethyl adjacent to an activating group) is 1. The standard InChI is InChI=1S/C17H24N4O3S/c1-20(2)15(16-6-5-11-24-16)13-19-17-8-7-14(12-18-17)25(22,23)21-9-3-4-10-21/h5-8,11-12,15H,3-4,9-10,13H2,1-2H3,(H,18,19)/t15-/m1/s1. The summed E-state index contributed by atoms with van der Waals surface area (Å²) in [5, 5.41) is 3.24. The molecule has 1 fully saturated rings. The third-order valence-corrected chi connectivity index (χ3v) is 6.29. The number of furan rings is 1. The molecule has 0 unspecified atom stereocenters. The van der Waals surface area contributed by atoms with Gasteiger partial charge in [0.1, 0.15) is 16.5 Å². The Morgan fingerprint density at radius 1 is 1.28 bits per heavy atom. The molecule has 1 aliphatic heterocycles. The molecule has 0 aromatic carbocycles. The van der Waals surface area contributed by atoms with Crippen LogP contribution in [0.1, 0.15) is 24.6 Å². The van der Waals surface area contributed by atoms with Gasteiger partial charge in [-0.15, -0.1) is 0 Å². The summed E-state index contributed by atoms with van der Waals surface area (Å²) in [6.45, 7) is 1.79. The first-order valence-electron chi connectivity index (χ1n) is 8.38. The number of hydrogen-bond donors (Lipinski definition) is 1. The molecule has 0 bridgehead atoms. The Hall–Kier alpha value is -1.90. The first-order valence-corrected chi connectivity index (χ1v) is 9.82. The maximum atomic E-state index is 12.5. The minimum atomic E-state index is -3.42.